The normalized spacial score (nSPS) is 12.6. The van der Waals surface area contributed by atoms with E-state index in [1.807, 2.05) is 52.0 Å². The van der Waals surface area contributed by atoms with Crippen LogP contribution in [0.15, 0.2) is 47.2 Å². The second-order valence-corrected chi connectivity index (χ2v) is 8.89. The number of carbonyl (C=O) groups is 1. The number of nitrogens with zero attached hydrogens (tertiary/aromatic N) is 1. The number of ether oxygens (including phenoxy) is 2. The number of hydrogen-bond acceptors (Lipinski definition) is 4. The molecule has 6 nitrogen and oxygen atoms in total. The van der Waals surface area contributed by atoms with Crippen molar-refractivity contribution >= 4 is 32.9 Å². The summed E-state index contributed by atoms with van der Waals surface area (Å²) in [7, 11) is 0. The van der Waals surface area contributed by atoms with Gasteiger partial charge >= 0.3 is 6.09 Å². The van der Waals surface area contributed by atoms with E-state index in [1.165, 1.54) is 0 Å². The second kappa shape index (κ2) is 8.86. The van der Waals surface area contributed by atoms with E-state index in [0.29, 0.717) is 12.2 Å². The van der Waals surface area contributed by atoms with Crippen molar-refractivity contribution in [3.63, 3.8) is 0 Å². The molecular formula is C22H26BrN3O3. The van der Waals surface area contributed by atoms with Crippen molar-refractivity contribution in [2.24, 2.45) is 0 Å². The van der Waals surface area contributed by atoms with E-state index in [2.05, 4.69) is 37.3 Å². The molecule has 0 saturated carbocycles. The molecule has 3 rings (SSSR count). The summed E-state index contributed by atoms with van der Waals surface area (Å²) in [6, 6.07) is 9.71. The lowest BCUT2D eigenvalue weighted by Crippen LogP contribution is -2.43. The van der Waals surface area contributed by atoms with Crippen LogP contribution in [-0.2, 0) is 11.2 Å². The van der Waals surface area contributed by atoms with Crippen molar-refractivity contribution in [3.05, 3.63) is 58.5 Å². The maximum atomic E-state index is 12.4. The standard InChI is InChI=1S/C22H26BrN3O3/c1-14-19(18-7-5-6-8-20(18)25-14)10-16(26-21(27)29-22(2,3)4)13-28-17-9-15(23)11-24-12-17/h5-9,11-12,16,25H,10,13H2,1-4H3,(H,26,27). The third kappa shape index (κ3) is 5.97. The van der Waals surface area contributed by atoms with Crippen LogP contribution in [0.2, 0.25) is 0 Å². The smallest absolute Gasteiger partial charge is 0.408 e. The Morgan fingerprint density at radius 2 is 2.03 bits per heavy atom. The third-order valence-corrected chi connectivity index (χ3v) is 4.76. The average molecular weight is 460 g/mol. The Balaban J connectivity index is 1.79. The molecule has 7 heteroatoms. The number of benzene rings is 1. The molecule has 1 unspecified atom stereocenters. The van der Waals surface area contributed by atoms with Gasteiger partial charge in [-0.2, -0.15) is 0 Å². The van der Waals surface area contributed by atoms with Gasteiger partial charge in [-0.1, -0.05) is 18.2 Å². The van der Waals surface area contributed by atoms with Crippen molar-refractivity contribution in [2.75, 3.05) is 6.61 Å². The summed E-state index contributed by atoms with van der Waals surface area (Å²) in [5.74, 6) is 0.631. The molecule has 0 aliphatic carbocycles. The van der Waals surface area contributed by atoms with E-state index in [-0.39, 0.29) is 12.6 Å². The van der Waals surface area contributed by atoms with E-state index in [0.717, 1.165) is 26.6 Å². The predicted molar refractivity (Wildman–Crippen MR) is 117 cm³/mol. The van der Waals surface area contributed by atoms with Crippen molar-refractivity contribution in [1.82, 2.24) is 15.3 Å². The van der Waals surface area contributed by atoms with Crippen LogP contribution in [0.5, 0.6) is 5.75 Å². The highest BCUT2D eigenvalue weighted by Crippen LogP contribution is 2.24. The van der Waals surface area contributed by atoms with Gasteiger partial charge in [-0.25, -0.2) is 4.79 Å². The zero-order valence-electron chi connectivity index (χ0n) is 17.1. The van der Waals surface area contributed by atoms with E-state index in [9.17, 15) is 4.79 Å². The van der Waals surface area contributed by atoms with Crippen LogP contribution in [-0.4, -0.2) is 34.3 Å². The van der Waals surface area contributed by atoms with Crippen molar-refractivity contribution in [2.45, 2.75) is 45.8 Å². The second-order valence-electron chi connectivity index (χ2n) is 7.97. The Kier molecular flexibility index (Phi) is 6.47. The van der Waals surface area contributed by atoms with Crippen molar-refractivity contribution in [1.29, 1.82) is 0 Å². The van der Waals surface area contributed by atoms with Crippen molar-refractivity contribution in [3.8, 4) is 5.75 Å². The summed E-state index contributed by atoms with van der Waals surface area (Å²) < 4.78 is 12.2. The molecule has 0 bridgehead atoms. The van der Waals surface area contributed by atoms with E-state index < -0.39 is 11.7 Å². The quantitative estimate of drug-likeness (QED) is 0.534. The molecule has 2 heterocycles. The van der Waals surface area contributed by atoms with Gasteiger partial charge in [0.2, 0.25) is 0 Å². The summed E-state index contributed by atoms with van der Waals surface area (Å²) in [6.45, 7) is 7.86. The van der Waals surface area contributed by atoms with Gasteiger partial charge in [-0.15, -0.1) is 0 Å². The number of amides is 1. The first kappa shape index (κ1) is 21.2. The fourth-order valence-electron chi connectivity index (χ4n) is 3.14. The Morgan fingerprint density at radius 1 is 1.28 bits per heavy atom. The zero-order valence-corrected chi connectivity index (χ0v) is 18.7. The number of pyridine rings is 1. The highest BCUT2D eigenvalue weighted by molar-refractivity contribution is 9.10. The van der Waals surface area contributed by atoms with Gasteiger partial charge in [0, 0.05) is 27.3 Å². The molecule has 0 fully saturated rings. The lowest BCUT2D eigenvalue weighted by Gasteiger charge is -2.24. The Morgan fingerprint density at radius 3 is 2.76 bits per heavy atom. The van der Waals surface area contributed by atoms with Gasteiger partial charge in [0.05, 0.1) is 12.2 Å². The minimum absolute atomic E-state index is 0.276. The number of fused-ring (bicyclic) bond motifs is 1. The van der Waals surface area contributed by atoms with Crippen LogP contribution in [0.1, 0.15) is 32.0 Å². The average Bonchev–Trinajstić information content (AvgIpc) is 2.93. The molecule has 0 aliphatic heterocycles. The summed E-state index contributed by atoms with van der Waals surface area (Å²) in [4.78, 5) is 19.9. The number of aromatic nitrogens is 2. The summed E-state index contributed by atoms with van der Waals surface area (Å²) in [5, 5.41) is 4.10. The molecule has 2 N–H and O–H groups in total. The Hall–Kier alpha value is -2.54. The fourth-order valence-corrected chi connectivity index (χ4v) is 3.48. The van der Waals surface area contributed by atoms with Gasteiger partial charge < -0.3 is 19.8 Å². The first-order valence-electron chi connectivity index (χ1n) is 9.50. The minimum Gasteiger partial charge on any atom is -0.490 e. The Labute approximate surface area is 179 Å². The Bertz CT molecular complexity index is 994. The largest absolute Gasteiger partial charge is 0.490 e. The van der Waals surface area contributed by atoms with Crippen LogP contribution >= 0.6 is 15.9 Å². The molecule has 1 amide bonds. The van der Waals surface area contributed by atoms with Crippen LogP contribution in [0.25, 0.3) is 10.9 Å². The highest BCUT2D eigenvalue weighted by Gasteiger charge is 2.22. The number of H-pyrrole nitrogens is 1. The van der Waals surface area contributed by atoms with E-state index >= 15 is 0 Å². The lowest BCUT2D eigenvalue weighted by molar-refractivity contribution is 0.0487. The first-order chi connectivity index (χ1) is 13.7. The summed E-state index contributed by atoms with van der Waals surface area (Å²) >= 11 is 3.39. The number of nitrogens with one attached hydrogen (secondary N) is 2. The van der Waals surface area contributed by atoms with Gasteiger partial charge in [-0.3, -0.25) is 4.98 Å². The van der Waals surface area contributed by atoms with Crippen LogP contribution < -0.4 is 10.1 Å². The van der Waals surface area contributed by atoms with Crippen LogP contribution in [0, 0.1) is 6.92 Å². The van der Waals surface area contributed by atoms with Crippen LogP contribution in [0.4, 0.5) is 4.79 Å². The number of aryl methyl sites for hydroxylation is 1. The fraction of sp³-hybridized carbons (Fsp3) is 0.364. The van der Waals surface area contributed by atoms with Gasteiger partial charge in [0.15, 0.2) is 0 Å². The molecule has 1 aromatic carbocycles. The maximum absolute atomic E-state index is 12.4. The maximum Gasteiger partial charge on any atom is 0.408 e. The monoisotopic (exact) mass is 459 g/mol. The number of rotatable bonds is 6. The number of aromatic amines is 1. The number of hydrogen-bond donors (Lipinski definition) is 2. The number of alkyl carbamates (subject to hydrolysis) is 1. The van der Waals surface area contributed by atoms with Crippen LogP contribution in [0.3, 0.4) is 0 Å². The number of para-hydroxylation sites is 1. The summed E-state index contributed by atoms with van der Waals surface area (Å²) in [5.41, 5.74) is 2.73. The van der Waals surface area contributed by atoms with E-state index in [4.69, 9.17) is 9.47 Å². The lowest BCUT2D eigenvalue weighted by atomic mass is 10.0. The summed E-state index contributed by atoms with van der Waals surface area (Å²) in [6.07, 6.45) is 3.48. The SMILES string of the molecule is Cc1[nH]c2ccccc2c1CC(COc1cncc(Br)c1)NC(=O)OC(C)(C)C. The predicted octanol–water partition coefficient (Wildman–Crippen LogP) is 5.15. The molecule has 0 radical (unpaired) electrons. The molecule has 0 spiro atoms. The molecule has 0 aliphatic rings. The van der Waals surface area contributed by atoms with Gasteiger partial charge in [-0.05, 0) is 67.7 Å². The van der Waals surface area contributed by atoms with E-state index in [1.54, 1.807) is 12.4 Å². The third-order valence-electron chi connectivity index (χ3n) is 4.33. The first-order valence-corrected chi connectivity index (χ1v) is 10.3. The van der Waals surface area contributed by atoms with Gasteiger partial charge in [0.1, 0.15) is 18.0 Å². The number of halogens is 1. The molecular weight excluding hydrogens is 434 g/mol. The minimum atomic E-state index is -0.569. The molecule has 0 saturated heterocycles. The molecule has 1 atom stereocenters. The topological polar surface area (TPSA) is 76.2 Å². The molecule has 3 aromatic rings. The molecule has 29 heavy (non-hydrogen) atoms. The molecule has 154 valence electrons. The van der Waals surface area contributed by atoms with Crippen molar-refractivity contribution < 1.29 is 14.3 Å². The highest BCUT2D eigenvalue weighted by atomic mass is 79.9. The number of carbonyl (C=O) groups excluding carboxylic acids is 1. The molecule has 2 aromatic heterocycles. The zero-order chi connectivity index (χ0) is 21.0. The van der Waals surface area contributed by atoms with Gasteiger partial charge in [0.25, 0.3) is 0 Å².